The maximum absolute atomic E-state index is 12.1. The zero-order chi connectivity index (χ0) is 19.2. The number of thioether (sulfide) groups is 1. The maximum Gasteiger partial charge on any atom is 0.321 e. The first-order valence-electron chi connectivity index (χ1n) is 9.30. The minimum atomic E-state index is -0.516. The minimum Gasteiger partial charge on any atom is -0.341 e. The Bertz CT molecular complexity index is 787. The van der Waals surface area contributed by atoms with Crippen molar-refractivity contribution in [1.82, 2.24) is 25.4 Å². The molecular formula is C19H25N5O2S. The zero-order valence-electron chi connectivity index (χ0n) is 15.6. The van der Waals surface area contributed by atoms with Crippen molar-refractivity contribution in [2.75, 3.05) is 7.05 Å². The van der Waals surface area contributed by atoms with E-state index in [1.807, 2.05) is 35.0 Å². The van der Waals surface area contributed by atoms with Crippen LogP contribution in [0.3, 0.4) is 0 Å². The quantitative estimate of drug-likeness (QED) is 0.769. The maximum atomic E-state index is 12.1. The Morgan fingerprint density at radius 1 is 1.19 bits per heavy atom. The molecule has 1 atom stereocenters. The summed E-state index contributed by atoms with van der Waals surface area (Å²) in [6.45, 7) is 1.74. The molecule has 1 aromatic carbocycles. The summed E-state index contributed by atoms with van der Waals surface area (Å²) in [5, 5.41) is 9.41. The van der Waals surface area contributed by atoms with Crippen molar-refractivity contribution in [3.8, 4) is 5.69 Å². The first kappa shape index (κ1) is 19.4. The Kier molecular flexibility index (Phi) is 6.49. The number of nitrogens with one attached hydrogen (secondary N) is 2. The van der Waals surface area contributed by atoms with Crippen LogP contribution in [0.25, 0.3) is 5.69 Å². The number of carbonyl (C=O) groups is 2. The van der Waals surface area contributed by atoms with Gasteiger partial charge in [-0.05, 0) is 31.9 Å². The van der Waals surface area contributed by atoms with Gasteiger partial charge in [0.25, 0.3) is 0 Å². The van der Waals surface area contributed by atoms with E-state index >= 15 is 0 Å². The van der Waals surface area contributed by atoms with Crippen molar-refractivity contribution in [3.05, 3.63) is 36.2 Å². The van der Waals surface area contributed by atoms with Crippen LogP contribution >= 0.6 is 11.8 Å². The minimum absolute atomic E-state index is 0.366. The number of para-hydroxylation sites is 1. The predicted molar refractivity (Wildman–Crippen MR) is 105 cm³/mol. The lowest BCUT2D eigenvalue weighted by Crippen LogP contribution is -2.41. The molecule has 3 amide bonds. The molecule has 0 aliphatic heterocycles. The lowest BCUT2D eigenvalue weighted by atomic mass is 9.88. The smallest absolute Gasteiger partial charge is 0.321 e. The van der Waals surface area contributed by atoms with Gasteiger partial charge in [-0.25, -0.2) is 14.5 Å². The summed E-state index contributed by atoms with van der Waals surface area (Å²) in [4.78, 5) is 28.2. The molecule has 1 saturated carbocycles. The van der Waals surface area contributed by atoms with Crippen molar-refractivity contribution >= 4 is 23.7 Å². The highest BCUT2D eigenvalue weighted by Crippen LogP contribution is 2.34. The van der Waals surface area contributed by atoms with Crippen molar-refractivity contribution in [2.24, 2.45) is 0 Å². The Balaban J connectivity index is 1.82. The Morgan fingerprint density at radius 3 is 2.56 bits per heavy atom. The van der Waals surface area contributed by atoms with Gasteiger partial charge in [-0.1, -0.05) is 49.2 Å². The molecule has 1 heterocycles. The number of rotatable bonds is 5. The van der Waals surface area contributed by atoms with Gasteiger partial charge in [-0.15, -0.1) is 5.10 Å². The van der Waals surface area contributed by atoms with Gasteiger partial charge in [-0.2, -0.15) is 0 Å². The average molecular weight is 388 g/mol. The van der Waals surface area contributed by atoms with Gasteiger partial charge in [0.1, 0.15) is 5.82 Å². The first-order valence-corrected chi connectivity index (χ1v) is 10.2. The van der Waals surface area contributed by atoms with Crippen LogP contribution < -0.4 is 10.6 Å². The fourth-order valence-corrected chi connectivity index (χ4v) is 3.98. The van der Waals surface area contributed by atoms with Crippen LogP contribution in [0.5, 0.6) is 0 Å². The van der Waals surface area contributed by atoms with E-state index < -0.39 is 11.3 Å². The molecule has 7 nitrogen and oxygen atoms in total. The summed E-state index contributed by atoms with van der Waals surface area (Å²) in [5.74, 6) is 0.979. The van der Waals surface area contributed by atoms with Crippen molar-refractivity contribution in [1.29, 1.82) is 0 Å². The average Bonchev–Trinajstić information content (AvgIpc) is 3.13. The SMILES string of the molecule is CNC(=O)NC(=O)C(C)Sc1nc(C2CCCCC2)n(-c2ccccc2)n1. The van der Waals surface area contributed by atoms with Crippen molar-refractivity contribution < 1.29 is 9.59 Å². The molecule has 3 rings (SSSR count). The second-order valence-electron chi connectivity index (χ2n) is 6.66. The summed E-state index contributed by atoms with van der Waals surface area (Å²) >= 11 is 1.26. The van der Waals surface area contributed by atoms with E-state index in [9.17, 15) is 9.59 Å². The second kappa shape index (κ2) is 9.03. The molecule has 144 valence electrons. The summed E-state index contributed by atoms with van der Waals surface area (Å²) in [6, 6.07) is 9.44. The molecule has 27 heavy (non-hydrogen) atoms. The van der Waals surface area contributed by atoms with E-state index in [2.05, 4.69) is 15.7 Å². The lowest BCUT2D eigenvalue weighted by molar-refractivity contribution is -0.119. The van der Waals surface area contributed by atoms with Gasteiger partial charge in [-0.3, -0.25) is 10.1 Å². The number of aromatic nitrogens is 3. The molecule has 0 bridgehead atoms. The molecule has 1 unspecified atom stereocenters. The molecule has 0 radical (unpaired) electrons. The largest absolute Gasteiger partial charge is 0.341 e. The molecule has 0 saturated heterocycles. The van der Waals surface area contributed by atoms with E-state index in [1.54, 1.807) is 6.92 Å². The van der Waals surface area contributed by atoms with Gasteiger partial charge in [0.2, 0.25) is 11.1 Å². The van der Waals surface area contributed by atoms with Gasteiger partial charge >= 0.3 is 6.03 Å². The van der Waals surface area contributed by atoms with Crippen molar-refractivity contribution in [2.45, 2.75) is 55.4 Å². The first-order chi connectivity index (χ1) is 13.1. The second-order valence-corrected chi connectivity index (χ2v) is 7.97. The molecule has 1 aliphatic carbocycles. The number of carbonyl (C=O) groups excluding carboxylic acids is 2. The van der Waals surface area contributed by atoms with Crippen LogP contribution in [0.2, 0.25) is 0 Å². The van der Waals surface area contributed by atoms with Crippen LogP contribution in [0, 0.1) is 0 Å². The number of hydrogen-bond donors (Lipinski definition) is 2. The highest BCUT2D eigenvalue weighted by Gasteiger charge is 2.25. The van der Waals surface area contributed by atoms with Gasteiger partial charge < -0.3 is 5.32 Å². The summed E-state index contributed by atoms with van der Waals surface area (Å²) in [7, 11) is 1.47. The van der Waals surface area contributed by atoms with Crippen LogP contribution in [0.1, 0.15) is 50.8 Å². The number of amides is 3. The highest BCUT2D eigenvalue weighted by atomic mass is 32.2. The standard InChI is InChI=1S/C19H25N5O2S/c1-13(17(25)22-18(26)20-2)27-19-21-16(14-9-5-3-6-10-14)24(23-19)15-11-7-4-8-12-15/h4,7-8,11-14H,3,5-6,9-10H2,1-2H3,(H2,20,22,25,26). The fourth-order valence-electron chi connectivity index (χ4n) is 3.23. The lowest BCUT2D eigenvalue weighted by Gasteiger charge is -2.21. The Hall–Kier alpha value is -2.35. The zero-order valence-corrected chi connectivity index (χ0v) is 16.5. The molecule has 8 heteroatoms. The third kappa shape index (κ3) is 4.88. The number of benzene rings is 1. The molecular weight excluding hydrogens is 362 g/mol. The third-order valence-electron chi connectivity index (χ3n) is 4.70. The van der Waals surface area contributed by atoms with Crippen LogP contribution in [-0.2, 0) is 4.79 Å². The summed E-state index contributed by atoms with van der Waals surface area (Å²) in [5.41, 5.74) is 0.972. The predicted octanol–water partition coefficient (Wildman–Crippen LogP) is 3.25. The normalized spacial score (nSPS) is 15.9. The Morgan fingerprint density at radius 2 is 1.89 bits per heavy atom. The Labute approximate surface area is 163 Å². The molecule has 1 fully saturated rings. The van der Waals surface area contributed by atoms with Gasteiger partial charge in [0.05, 0.1) is 10.9 Å². The number of nitrogens with zero attached hydrogens (tertiary/aromatic N) is 3. The molecule has 0 spiro atoms. The molecule has 1 aromatic heterocycles. The monoisotopic (exact) mass is 387 g/mol. The van der Waals surface area contributed by atoms with E-state index in [1.165, 1.54) is 38.1 Å². The van der Waals surface area contributed by atoms with E-state index in [4.69, 9.17) is 4.98 Å². The van der Waals surface area contributed by atoms with Gasteiger partial charge in [0, 0.05) is 13.0 Å². The van der Waals surface area contributed by atoms with Crippen molar-refractivity contribution in [3.63, 3.8) is 0 Å². The van der Waals surface area contributed by atoms with Crippen LogP contribution in [0.4, 0.5) is 4.79 Å². The molecule has 2 aromatic rings. The number of hydrogen-bond acceptors (Lipinski definition) is 5. The summed E-state index contributed by atoms with van der Waals surface area (Å²) in [6.07, 6.45) is 5.92. The van der Waals surface area contributed by atoms with E-state index in [0.29, 0.717) is 11.1 Å². The van der Waals surface area contributed by atoms with Crippen LogP contribution in [0.15, 0.2) is 35.5 Å². The number of urea groups is 1. The molecule has 2 N–H and O–H groups in total. The number of imide groups is 1. The third-order valence-corrected chi connectivity index (χ3v) is 5.65. The van der Waals surface area contributed by atoms with E-state index in [0.717, 1.165) is 24.4 Å². The van der Waals surface area contributed by atoms with Gasteiger partial charge in [0.15, 0.2) is 0 Å². The van der Waals surface area contributed by atoms with E-state index in [-0.39, 0.29) is 5.91 Å². The van der Waals surface area contributed by atoms with Crippen LogP contribution in [-0.4, -0.2) is 39.0 Å². The highest BCUT2D eigenvalue weighted by molar-refractivity contribution is 8.00. The topological polar surface area (TPSA) is 88.9 Å². The summed E-state index contributed by atoms with van der Waals surface area (Å²) < 4.78 is 1.90. The fraction of sp³-hybridized carbons (Fsp3) is 0.474. The molecule has 1 aliphatic rings.